The lowest BCUT2D eigenvalue weighted by atomic mass is 9.82. The predicted molar refractivity (Wildman–Crippen MR) is 102 cm³/mol. The lowest BCUT2D eigenvalue weighted by Crippen LogP contribution is -2.59. The van der Waals surface area contributed by atoms with Crippen LogP contribution < -0.4 is 10.2 Å². The zero-order valence-electron chi connectivity index (χ0n) is 16.1. The summed E-state index contributed by atoms with van der Waals surface area (Å²) >= 11 is 0. The highest BCUT2D eigenvalue weighted by atomic mass is 28.4. The molecule has 2 aliphatic heterocycles. The third-order valence-corrected chi connectivity index (χ3v) is 5.77. The van der Waals surface area contributed by atoms with Crippen molar-refractivity contribution in [3.63, 3.8) is 0 Å². The molecule has 2 amide bonds. The first kappa shape index (κ1) is 19.6. The number of amides is 2. The van der Waals surface area contributed by atoms with Crippen molar-refractivity contribution < 1.29 is 23.5 Å². The minimum atomic E-state index is -1.77. The van der Waals surface area contributed by atoms with Gasteiger partial charge < -0.3 is 9.16 Å². The van der Waals surface area contributed by atoms with Crippen molar-refractivity contribution in [3.8, 4) is 0 Å². The first-order valence-electron chi connectivity index (χ1n) is 9.16. The fourth-order valence-electron chi connectivity index (χ4n) is 3.49. The van der Waals surface area contributed by atoms with Gasteiger partial charge in [0, 0.05) is 17.7 Å². The Kier molecular flexibility index (Phi) is 5.39. The van der Waals surface area contributed by atoms with Gasteiger partial charge in [-0.2, -0.15) is 0 Å². The van der Waals surface area contributed by atoms with E-state index in [4.69, 9.17) is 9.16 Å². The van der Waals surface area contributed by atoms with Crippen LogP contribution in [0.2, 0.25) is 19.6 Å². The Morgan fingerprint density at radius 3 is 2.48 bits per heavy atom. The number of carbonyl (C=O) groups excluding carboxylic acids is 3. The van der Waals surface area contributed by atoms with Crippen molar-refractivity contribution in [2.75, 3.05) is 18.1 Å². The minimum absolute atomic E-state index is 0.0722. The highest BCUT2D eigenvalue weighted by Crippen LogP contribution is 2.29. The largest absolute Gasteiger partial charge is 0.447 e. The lowest BCUT2D eigenvalue weighted by molar-refractivity contribution is -0.140. The number of rotatable bonds is 7. The molecule has 0 aliphatic carbocycles. The van der Waals surface area contributed by atoms with E-state index in [0.717, 1.165) is 0 Å². The van der Waals surface area contributed by atoms with E-state index in [1.54, 1.807) is 24.3 Å². The molecule has 2 fully saturated rings. The van der Waals surface area contributed by atoms with Crippen LogP contribution in [-0.2, 0) is 14.0 Å². The molecule has 0 bridgehead atoms. The molecule has 0 aromatic heterocycles. The van der Waals surface area contributed by atoms with Crippen molar-refractivity contribution in [3.05, 3.63) is 29.8 Å². The molecular weight excluding hydrogens is 364 g/mol. The van der Waals surface area contributed by atoms with Gasteiger partial charge >= 0.3 is 6.09 Å². The maximum absolute atomic E-state index is 12.6. The summed E-state index contributed by atoms with van der Waals surface area (Å²) < 4.78 is 10.9. The molecular formula is C19H25N2O5Si. The van der Waals surface area contributed by atoms with Gasteiger partial charge in [0.25, 0.3) is 0 Å². The fraction of sp³-hybridized carbons (Fsp3) is 0.526. The smallest absolute Gasteiger partial charge is 0.414 e. The molecule has 1 aromatic rings. The minimum Gasteiger partial charge on any atom is -0.447 e. The van der Waals surface area contributed by atoms with Crippen LogP contribution >= 0.6 is 0 Å². The number of benzene rings is 1. The maximum atomic E-state index is 12.6. The standard InChI is InChI=1S/C19H25N2O5Si/c1-12(26-27(2,3)4)17-15(20-18(17)23)11-16(22)13-5-7-14(8-6-13)21-9-10-25-19(21)24/h5-8,12,15,17H,9-11H2,1-4H3/t12-,15-,17-/m1/s1. The average Bonchev–Trinajstić information content (AvgIpc) is 2.98. The molecule has 3 rings (SSSR count). The lowest BCUT2D eigenvalue weighted by Gasteiger charge is -2.39. The van der Waals surface area contributed by atoms with E-state index in [1.165, 1.54) is 4.90 Å². The average molecular weight is 390 g/mol. The Balaban J connectivity index is 1.61. The summed E-state index contributed by atoms with van der Waals surface area (Å²) in [4.78, 5) is 37.6. The van der Waals surface area contributed by atoms with E-state index in [-0.39, 0.29) is 42.3 Å². The number of Topliss-reactive ketones (excluding diaryl/α,β-unsaturated/α-hetero) is 1. The number of ketones is 1. The molecule has 0 N–H and O–H groups in total. The number of β-lactam (4-membered cyclic amide) rings is 1. The Labute approximate surface area is 160 Å². The molecule has 8 heteroatoms. The highest BCUT2D eigenvalue weighted by Gasteiger charge is 2.47. The quantitative estimate of drug-likeness (QED) is 0.406. The Hall–Kier alpha value is -2.19. The third kappa shape index (κ3) is 4.39. The van der Waals surface area contributed by atoms with Crippen LogP contribution in [0.4, 0.5) is 10.5 Å². The number of hydrogen-bond acceptors (Lipinski definition) is 5. The number of carbonyl (C=O) groups is 3. The second kappa shape index (κ2) is 7.44. The number of nitrogens with zero attached hydrogens (tertiary/aromatic N) is 2. The Morgan fingerprint density at radius 2 is 1.96 bits per heavy atom. The zero-order valence-corrected chi connectivity index (χ0v) is 17.1. The van der Waals surface area contributed by atoms with Gasteiger partial charge in [0.1, 0.15) is 6.61 Å². The van der Waals surface area contributed by atoms with E-state index < -0.39 is 8.32 Å². The van der Waals surface area contributed by atoms with Gasteiger partial charge in [-0.25, -0.2) is 10.1 Å². The van der Waals surface area contributed by atoms with E-state index in [2.05, 4.69) is 25.0 Å². The SMILES string of the molecule is C[C@@H](O[Si](C)(C)C)[C@H]1C(=O)[N][C@@H]1CC(=O)c1ccc(N2CCOC2=O)cc1. The van der Waals surface area contributed by atoms with Gasteiger partial charge in [-0.1, -0.05) is 0 Å². The van der Waals surface area contributed by atoms with Crippen LogP contribution in [0.3, 0.4) is 0 Å². The number of hydrogen-bond donors (Lipinski definition) is 0. The van der Waals surface area contributed by atoms with Gasteiger partial charge in [0.15, 0.2) is 14.1 Å². The molecule has 2 saturated heterocycles. The van der Waals surface area contributed by atoms with E-state index >= 15 is 0 Å². The summed E-state index contributed by atoms with van der Waals surface area (Å²) in [5.74, 6) is -0.599. The molecule has 27 heavy (non-hydrogen) atoms. The number of cyclic esters (lactones) is 1. The van der Waals surface area contributed by atoms with Crippen LogP contribution in [0.1, 0.15) is 23.7 Å². The normalized spacial score (nSPS) is 23.5. The molecule has 0 spiro atoms. The monoisotopic (exact) mass is 389 g/mol. The van der Waals surface area contributed by atoms with Gasteiger partial charge in [-0.15, -0.1) is 0 Å². The fourth-order valence-corrected chi connectivity index (χ4v) is 4.75. The Bertz CT molecular complexity index is 743. The summed E-state index contributed by atoms with van der Waals surface area (Å²) in [7, 11) is -1.77. The summed E-state index contributed by atoms with van der Waals surface area (Å²) in [6, 6.07) is 6.53. The molecule has 7 nitrogen and oxygen atoms in total. The Morgan fingerprint density at radius 1 is 1.30 bits per heavy atom. The van der Waals surface area contributed by atoms with Gasteiger partial charge in [-0.3, -0.25) is 14.5 Å². The topological polar surface area (TPSA) is 87.0 Å². The van der Waals surface area contributed by atoms with E-state index in [9.17, 15) is 14.4 Å². The number of ether oxygens (including phenoxy) is 1. The van der Waals surface area contributed by atoms with Gasteiger partial charge in [-0.05, 0) is 50.8 Å². The number of anilines is 1. The van der Waals surface area contributed by atoms with Crippen molar-refractivity contribution in [1.82, 2.24) is 5.32 Å². The van der Waals surface area contributed by atoms with E-state index in [1.807, 2.05) is 6.92 Å². The molecule has 2 aliphatic rings. The van der Waals surface area contributed by atoms with Crippen molar-refractivity contribution in [2.24, 2.45) is 5.92 Å². The van der Waals surface area contributed by atoms with Crippen LogP contribution in [0.15, 0.2) is 24.3 Å². The summed E-state index contributed by atoms with van der Waals surface area (Å²) in [5.41, 5.74) is 1.24. The molecule has 145 valence electrons. The first-order chi connectivity index (χ1) is 12.7. The second-order valence-corrected chi connectivity index (χ2v) is 12.4. The van der Waals surface area contributed by atoms with Gasteiger partial charge in [0.05, 0.1) is 24.6 Å². The molecule has 1 aromatic carbocycles. The summed E-state index contributed by atoms with van der Waals surface area (Å²) in [6.45, 7) is 8.98. The van der Waals surface area contributed by atoms with Crippen molar-refractivity contribution in [1.29, 1.82) is 0 Å². The van der Waals surface area contributed by atoms with Crippen LogP contribution in [0.25, 0.3) is 0 Å². The zero-order chi connectivity index (χ0) is 19.8. The molecule has 2 heterocycles. The maximum Gasteiger partial charge on any atom is 0.414 e. The van der Waals surface area contributed by atoms with E-state index in [0.29, 0.717) is 24.4 Å². The van der Waals surface area contributed by atoms with Crippen molar-refractivity contribution >= 4 is 31.8 Å². The summed E-state index contributed by atoms with van der Waals surface area (Å²) in [6.07, 6.45) is -0.427. The first-order valence-corrected chi connectivity index (χ1v) is 12.6. The highest BCUT2D eigenvalue weighted by molar-refractivity contribution is 6.69. The van der Waals surface area contributed by atoms with Crippen LogP contribution in [0, 0.1) is 5.92 Å². The third-order valence-electron chi connectivity index (χ3n) is 4.69. The summed E-state index contributed by atoms with van der Waals surface area (Å²) in [5, 5.41) is 4.02. The van der Waals surface area contributed by atoms with Crippen LogP contribution in [0.5, 0.6) is 0 Å². The molecule has 0 unspecified atom stereocenters. The van der Waals surface area contributed by atoms with Crippen molar-refractivity contribution in [2.45, 2.75) is 45.1 Å². The molecule has 1 radical (unpaired) electrons. The van der Waals surface area contributed by atoms with Gasteiger partial charge in [0.2, 0.25) is 5.91 Å². The molecule has 0 saturated carbocycles. The van der Waals surface area contributed by atoms with Crippen LogP contribution in [-0.4, -0.2) is 51.4 Å². The predicted octanol–water partition coefficient (Wildman–Crippen LogP) is 2.59. The molecule has 3 atom stereocenters. The second-order valence-electron chi connectivity index (χ2n) is 7.94.